The minimum absolute atomic E-state index is 0.240. The predicted octanol–water partition coefficient (Wildman–Crippen LogP) is 16.5. The van der Waals surface area contributed by atoms with E-state index in [4.69, 9.17) is 0 Å². The maximum atomic E-state index is 2.46. The summed E-state index contributed by atoms with van der Waals surface area (Å²) in [7, 11) is 0. The van der Waals surface area contributed by atoms with Crippen molar-refractivity contribution in [2.45, 2.75) is 19.3 Å². The number of benzene rings is 9. The molecule has 0 amide bonds. The Labute approximate surface area is 350 Å². The molecule has 0 spiro atoms. The van der Waals surface area contributed by atoms with Gasteiger partial charge >= 0.3 is 0 Å². The van der Waals surface area contributed by atoms with E-state index in [1.54, 1.807) is 0 Å². The number of hydrogen-bond donors (Lipinski definition) is 0. The van der Waals surface area contributed by atoms with Crippen molar-refractivity contribution < 1.29 is 0 Å². The van der Waals surface area contributed by atoms with Crippen LogP contribution in [-0.4, -0.2) is 0 Å². The number of anilines is 3. The molecule has 59 heavy (non-hydrogen) atoms. The van der Waals surface area contributed by atoms with Gasteiger partial charge in [0.25, 0.3) is 0 Å². The maximum absolute atomic E-state index is 2.46. The highest BCUT2D eigenvalue weighted by molar-refractivity contribution is 7.25. The summed E-state index contributed by atoms with van der Waals surface area (Å²) >= 11 is 1.86. The lowest BCUT2D eigenvalue weighted by Crippen LogP contribution is -2.17. The van der Waals surface area contributed by atoms with E-state index in [2.05, 4.69) is 231 Å². The average molecular weight is 772 g/mol. The van der Waals surface area contributed by atoms with E-state index in [0.717, 1.165) is 17.1 Å². The Bertz CT molecular complexity index is 3140. The van der Waals surface area contributed by atoms with Crippen molar-refractivity contribution in [3.8, 4) is 55.6 Å². The number of rotatable bonds is 7. The van der Waals surface area contributed by atoms with Gasteiger partial charge in [-0.25, -0.2) is 0 Å². The van der Waals surface area contributed by atoms with Gasteiger partial charge in [0.15, 0.2) is 0 Å². The monoisotopic (exact) mass is 771 g/mol. The lowest BCUT2D eigenvalue weighted by atomic mass is 9.78. The van der Waals surface area contributed by atoms with Gasteiger partial charge < -0.3 is 4.90 Å². The van der Waals surface area contributed by atoms with E-state index in [0.29, 0.717) is 0 Å². The first kappa shape index (κ1) is 35.2. The average Bonchev–Trinajstić information content (AvgIpc) is 3.78. The van der Waals surface area contributed by atoms with Gasteiger partial charge in [-0.2, -0.15) is 0 Å². The van der Waals surface area contributed by atoms with E-state index in [1.807, 2.05) is 11.3 Å². The molecule has 280 valence electrons. The Morgan fingerprint density at radius 2 is 0.814 bits per heavy atom. The van der Waals surface area contributed by atoms with Gasteiger partial charge in [-0.05, 0) is 127 Å². The van der Waals surface area contributed by atoms with Gasteiger partial charge in [-0.3, -0.25) is 0 Å². The number of fused-ring (bicyclic) bond motifs is 6. The first-order valence-electron chi connectivity index (χ1n) is 20.4. The molecule has 11 rings (SSSR count). The highest BCUT2D eigenvalue weighted by Crippen LogP contribution is 2.55. The van der Waals surface area contributed by atoms with Gasteiger partial charge in [0.05, 0.1) is 0 Å². The molecule has 0 atom stereocenters. The van der Waals surface area contributed by atoms with Crippen molar-refractivity contribution in [2.75, 3.05) is 4.90 Å². The Balaban J connectivity index is 1.05. The van der Waals surface area contributed by atoms with Crippen molar-refractivity contribution in [3.05, 3.63) is 223 Å². The molecule has 1 nitrogen and oxygen atoms in total. The zero-order chi connectivity index (χ0) is 39.5. The molecular weight excluding hydrogens is 731 g/mol. The van der Waals surface area contributed by atoms with Crippen LogP contribution in [0.3, 0.4) is 0 Å². The second-order valence-electron chi connectivity index (χ2n) is 16.1. The summed E-state index contributed by atoms with van der Waals surface area (Å²) in [6.07, 6.45) is 0. The largest absolute Gasteiger partial charge is 0.310 e. The molecule has 0 fully saturated rings. The van der Waals surface area contributed by atoms with Crippen LogP contribution in [0.2, 0.25) is 0 Å². The number of hydrogen-bond acceptors (Lipinski definition) is 2. The Morgan fingerprint density at radius 1 is 0.339 bits per heavy atom. The van der Waals surface area contributed by atoms with Gasteiger partial charge in [0, 0.05) is 42.6 Å². The molecule has 0 unspecified atom stereocenters. The van der Waals surface area contributed by atoms with Gasteiger partial charge in [-0.1, -0.05) is 166 Å². The third-order valence-corrected chi connectivity index (χ3v) is 13.4. The molecule has 2 heteroatoms. The van der Waals surface area contributed by atoms with Crippen molar-refractivity contribution in [1.29, 1.82) is 0 Å². The molecule has 1 aliphatic rings. The molecule has 0 radical (unpaired) electrons. The normalized spacial score (nSPS) is 12.7. The van der Waals surface area contributed by atoms with Crippen LogP contribution >= 0.6 is 11.3 Å². The summed E-state index contributed by atoms with van der Waals surface area (Å²) in [5.74, 6) is 0. The molecule has 0 saturated carbocycles. The molecule has 0 aliphatic heterocycles. The van der Waals surface area contributed by atoms with Crippen LogP contribution in [0.4, 0.5) is 17.1 Å². The second kappa shape index (κ2) is 14.1. The molecule has 0 saturated heterocycles. The van der Waals surface area contributed by atoms with E-state index in [1.165, 1.54) is 86.9 Å². The Kier molecular flexibility index (Phi) is 8.43. The van der Waals surface area contributed by atoms with Crippen LogP contribution in [0.25, 0.3) is 75.8 Å². The van der Waals surface area contributed by atoms with Gasteiger partial charge in [0.2, 0.25) is 0 Å². The summed E-state index contributed by atoms with van der Waals surface area (Å²) in [5.41, 5.74) is 18.4. The zero-order valence-electron chi connectivity index (χ0n) is 33.1. The highest BCUT2D eigenvalue weighted by Gasteiger charge is 2.39. The lowest BCUT2D eigenvalue weighted by Gasteiger charge is -2.29. The van der Waals surface area contributed by atoms with E-state index < -0.39 is 0 Å². The molecule has 0 N–H and O–H groups in total. The van der Waals surface area contributed by atoms with Crippen LogP contribution in [0.15, 0.2) is 212 Å². The van der Waals surface area contributed by atoms with Crippen molar-refractivity contribution in [2.24, 2.45) is 0 Å². The maximum Gasteiger partial charge on any atom is 0.0468 e. The quantitative estimate of drug-likeness (QED) is 0.156. The van der Waals surface area contributed by atoms with Crippen LogP contribution < -0.4 is 4.90 Å². The van der Waals surface area contributed by atoms with Gasteiger partial charge in [-0.15, -0.1) is 11.3 Å². The summed E-state index contributed by atoms with van der Waals surface area (Å²) in [6, 6.07) is 78.0. The molecule has 1 aliphatic carbocycles. The Hall–Kier alpha value is -7.00. The molecule has 1 heterocycles. The smallest absolute Gasteiger partial charge is 0.0468 e. The fourth-order valence-corrected chi connectivity index (χ4v) is 10.4. The molecule has 1 aromatic heterocycles. The number of thiophene rings is 1. The Morgan fingerprint density at radius 3 is 1.47 bits per heavy atom. The summed E-state index contributed by atoms with van der Waals surface area (Å²) in [4.78, 5) is 2.45. The summed E-state index contributed by atoms with van der Waals surface area (Å²) < 4.78 is 2.62. The minimum atomic E-state index is -0.240. The molecule has 10 aromatic rings. The lowest BCUT2D eigenvalue weighted by molar-refractivity contribution is 0.662. The summed E-state index contributed by atoms with van der Waals surface area (Å²) in [6.45, 7) is 4.81. The highest BCUT2D eigenvalue weighted by atomic mass is 32.1. The van der Waals surface area contributed by atoms with Crippen molar-refractivity contribution in [3.63, 3.8) is 0 Å². The molecule has 0 bridgehead atoms. The van der Waals surface area contributed by atoms with Crippen molar-refractivity contribution in [1.82, 2.24) is 0 Å². The van der Waals surface area contributed by atoms with Crippen LogP contribution in [0, 0.1) is 0 Å². The third kappa shape index (κ3) is 6.07. The fraction of sp³-hybridized carbons (Fsp3) is 0.0526. The minimum Gasteiger partial charge on any atom is -0.310 e. The standard InChI is InChI=1S/C57H41NS/c1-57(2)53-37-47(30-32-48(53)52-35-44(39-16-8-4-9-17-39)34-50(56(52)57)43-18-10-5-11-19-43)58(46-31-33-55-51(36-46)49-20-12-13-21-54(49)59-55)45-28-26-42(27-29-45)41-24-22-40(23-25-41)38-14-6-3-7-15-38/h3-37H,1-2H3. The summed E-state index contributed by atoms with van der Waals surface area (Å²) in [5, 5.41) is 2.59. The first-order valence-corrected chi connectivity index (χ1v) is 21.2. The molecule has 9 aromatic carbocycles. The second-order valence-corrected chi connectivity index (χ2v) is 17.2. The predicted molar refractivity (Wildman–Crippen MR) is 253 cm³/mol. The van der Waals surface area contributed by atoms with E-state index in [-0.39, 0.29) is 5.41 Å². The van der Waals surface area contributed by atoms with Crippen molar-refractivity contribution >= 4 is 48.6 Å². The SMILES string of the molecule is CC1(C)c2cc(N(c3ccc(-c4ccc(-c5ccccc5)cc4)cc3)c3ccc4sc5ccccc5c4c3)ccc2-c2cc(-c3ccccc3)cc(-c3ccccc3)c21. The molecular formula is C57H41NS. The van der Waals surface area contributed by atoms with E-state index >= 15 is 0 Å². The van der Waals surface area contributed by atoms with E-state index in [9.17, 15) is 0 Å². The van der Waals surface area contributed by atoms with Crippen LogP contribution in [-0.2, 0) is 5.41 Å². The third-order valence-electron chi connectivity index (χ3n) is 12.2. The topological polar surface area (TPSA) is 3.24 Å². The van der Waals surface area contributed by atoms with Gasteiger partial charge in [0.1, 0.15) is 0 Å². The number of nitrogens with zero attached hydrogens (tertiary/aromatic N) is 1. The van der Waals surface area contributed by atoms with Crippen LogP contribution in [0.1, 0.15) is 25.0 Å². The van der Waals surface area contributed by atoms with Crippen LogP contribution in [0.5, 0.6) is 0 Å². The first-order chi connectivity index (χ1) is 29.0. The zero-order valence-corrected chi connectivity index (χ0v) is 33.9. The fourth-order valence-electron chi connectivity index (χ4n) is 9.32.